The average molecular weight is 270 g/mol. The van der Waals surface area contributed by atoms with Gasteiger partial charge in [-0.1, -0.05) is 50.7 Å². The Labute approximate surface area is 119 Å². The predicted octanol–water partition coefficient (Wildman–Crippen LogP) is 5.53. The topological polar surface area (TPSA) is 9.23 Å². The fraction of sp³-hybridized carbons (Fsp3) is 0.294. The normalized spacial score (nSPS) is 13.4. The van der Waals surface area contributed by atoms with Crippen LogP contribution in [0.25, 0.3) is 0 Å². The fourth-order valence-electron chi connectivity index (χ4n) is 2.29. The zero-order chi connectivity index (χ0) is 13.5. The minimum atomic E-state index is 0.300. The third-order valence-electron chi connectivity index (χ3n) is 3.03. The van der Waals surface area contributed by atoms with Gasteiger partial charge in [0.1, 0.15) is 11.5 Å². The zero-order valence-electron chi connectivity index (χ0n) is 11.6. The molecule has 2 heteroatoms. The second kappa shape index (κ2) is 4.61. The van der Waals surface area contributed by atoms with E-state index in [1.165, 1.54) is 15.4 Å². The Morgan fingerprint density at radius 3 is 2.47 bits per heavy atom. The van der Waals surface area contributed by atoms with Gasteiger partial charge in [-0.3, -0.25) is 0 Å². The smallest absolute Gasteiger partial charge is 0.141 e. The molecule has 1 nitrogen and oxygen atoms in total. The van der Waals surface area contributed by atoms with E-state index in [4.69, 9.17) is 4.74 Å². The van der Waals surface area contributed by atoms with Crippen LogP contribution in [0.4, 0.5) is 0 Å². The second-order valence-electron chi connectivity index (χ2n) is 6.17. The standard InChI is InChI=1S/C17H18OS/c1-17(2,3)11-12-8-9-16-14(10-12)18-13-6-4-5-7-15(13)19-16/h4-10H,11H2,1-3H3. The minimum absolute atomic E-state index is 0.300. The summed E-state index contributed by atoms with van der Waals surface area (Å²) in [7, 11) is 0. The molecule has 2 aromatic carbocycles. The van der Waals surface area contributed by atoms with E-state index >= 15 is 0 Å². The van der Waals surface area contributed by atoms with Crippen LogP contribution in [-0.4, -0.2) is 0 Å². The molecule has 1 aliphatic heterocycles. The van der Waals surface area contributed by atoms with Gasteiger partial charge in [-0.2, -0.15) is 0 Å². The molecular formula is C17H18OS. The van der Waals surface area contributed by atoms with Crippen LogP contribution >= 0.6 is 11.8 Å². The Balaban J connectivity index is 1.92. The first-order valence-electron chi connectivity index (χ1n) is 6.59. The molecule has 0 fully saturated rings. The number of benzene rings is 2. The summed E-state index contributed by atoms with van der Waals surface area (Å²) in [5.74, 6) is 1.96. The Hall–Kier alpha value is -1.41. The molecule has 0 unspecified atom stereocenters. The summed E-state index contributed by atoms with van der Waals surface area (Å²) in [5.41, 5.74) is 1.64. The molecule has 0 amide bonds. The number of hydrogen-bond donors (Lipinski definition) is 0. The van der Waals surface area contributed by atoms with Crippen LogP contribution < -0.4 is 4.74 Å². The maximum absolute atomic E-state index is 6.01. The summed E-state index contributed by atoms with van der Waals surface area (Å²) >= 11 is 1.78. The molecule has 0 saturated carbocycles. The van der Waals surface area contributed by atoms with Gasteiger partial charge in [-0.25, -0.2) is 0 Å². The molecule has 0 aromatic heterocycles. The molecular weight excluding hydrogens is 252 g/mol. The quantitative estimate of drug-likeness (QED) is 0.575. The second-order valence-corrected chi connectivity index (χ2v) is 7.25. The van der Waals surface area contributed by atoms with E-state index in [1.54, 1.807) is 11.8 Å². The van der Waals surface area contributed by atoms with Gasteiger partial charge in [0.2, 0.25) is 0 Å². The summed E-state index contributed by atoms with van der Waals surface area (Å²) in [5, 5.41) is 0. The van der Waals surface area contributed by atoms with Gasteiger partial charge in [-0.05, 0) is 41.7 Å². The first-order valence-corrected chi connectivity index (χ1v) is 7.41. The maximum Gasteiger partial charge on any atom is 0.141 e. The van der Waals surface area contributed by atoms with Crippen molar-refractivity contribution in [2.24, 2.45) is 5.41 Å². The highest BCUT2D eigenvalue weighted by Crippen LogP contribution is 2.47. The molecule has 0 saturated heterocycles. The van der Waals surface area contributed by atoms with E-state index < -0.39 is 0 Å². The summed E-state index contributed by atoms with van der Waals surface area (Å²) in [6, 6.07) is 14.8. The molecule has 98 valence electrons. The third kappa shape index (κ3) is 2.79. The van der Waals surface area contributed by atoms with E-state index in [9.17, 15) is 0 Å². The summed E-state index contributed by atoms with van der Waals surface area (Å²) < 4.78 is 6.01. The largest absolute Gasteiger partial charge is 0.455 e. The Morgan fingerprint density at radius 2 is 1.68 bits per heavy atom. The van der Waals surface area contributed by atoms with Crippen LogP contribution in [0.2, 0.25) is 0 Å². The van der Waals surface area contributed by atoms with E-state index in [0.717, 1.165) is 17.9 Å². The molecule has 2 aromatic rings. The van der Waals surface area contributed by atoms with Gasteiger partial charge < -0.3 is 4.74 Å². The maximum atomic E-state index is 6.01. The van der Waals surface area contributed by atoms with Crippen molar-refractivity contribution in [1.82, 2.24) is 0 Å². The van der Waals surface area contributed by atoms with Crippen molar-refractivity contribution < 1.29 is 4.74 Å². The van der Waals surface area contributed by atoms with Crippen LogP contribution in [0.5, 0.6) is 11.5 Å². The highest BCUT2D eigenvalue weighted by molar-refractivity contribution is 7.99. The number of hydrogen-bond acceptors (Lipinski definition) is 2. The van der Waals surface area contributed by atoms with E-state index in [1.807, 2.05) is 18.2 Å². The molecule has 19 heavy (non-hydrogen) atoms. The lowest BCUT2D eigenvalue weighted by Crippen LogP contribution is -2.09. The molecule has 0 radical (unpaired) electrons. The van der Waals surface area contributed by atoms with E-state index in [-0.39, 0.29) is 0 Å². The van der Waals surface area contributed by atoms with Crippen molar-refractivity contribution in [3.63, 3.8) is 0 Å². The minimum Gasteiger partial charge on any atom is -0.455 e. The summed E-state index contributed by atoms with van der Waals surface area (Å²) in [4.78, 5) is 2.40. The lowest BCUT2D eigenvalue weighted by atomic mass is 9.88. The molecule has 3 rings (SSSR count). The third-order valence-corrected chi connectivity index (χ3v) is 4.15. The number of fused-ring (bicyclic) bond motifs is 2. The van der Waals surface area contributed by atoms with E-state index in [2.05, 4.69) is 45.0 Å². The van der Waals surface area contributed by atoms with Gasteiger partial charge in [0.15, 0.2) is 0 Å². The summed E-state index contributed by atoms with van der Waals surface area (Å²) in [6.07, 6.45) is 1.07. The van der Waals surface area contributed by atoms with Crippen molar-refractivity contribution in [3.05, 3.63) is 48.0 Å². The SMILES string of the molecule is CC(C)(C)Cc1ccc2c(c1)Oc1ccccc1S2. The zero-order valence-corrected chi connectivity index (χ0v) is 12.4. The van der Waals surface area contributed by atoms with Gasteiger partial charge in [-0.15, -0.1) is 0 Å². The predicted molar refractivity (Wildman–Crippen MR) is 80.2 cm³/mol. The number of ether oxygens (including phenoxy) is 1. The van der Waals surface area contributed by atoms with Gasteiger partial charge in [0.25, 0.3) is 0 Å². The fourth-order valence-corrected chi connectivity index (χ4v) is 3.23. The van der Waals surface area contributed by atoms with Gasteiger partial charge in [0, 0.05) is 0 Å². The van der Waals surface area contributed by atoms with Crippen molar-refractivity contribution >= 4 is 11.8 Å². The number of rotatable bonds is 1. The lowest BCUT2D eigenvalue weighted by molar-refractivity contribution is 0.408. The Kier molecular flexibility index (Phi) is 3.06. The Morgan fingerprint density at radius 1 is 0.947 bits per heavy atom. The molecule has 1 aliphatic rings. The van der Waals surface area contributed by atoms with Gasteiger partial charge in [0.05, 0.1) is 9.79 Å². The van der Waals surface area contributed by atoms with Crippen LogP contribution in [0, 0.1) is 5.41 Å². The van der Waals surface area contributed by atoms with Crippen LogP contribution in [0.15, 0.2) is 52.3 Å². The van der Waals surface area contributed by atoms with Crippen LogP contribution in [0.3, 0.4) is 0 Å². The molecule has 0 N–H and O–H groups in total. The Bertz CT molecular complexity index is 611. The van der Waals surface area contributed by atoms with E-state index in [0.29, 0.717) is 5.41 Å². The number of para-hydroxylation sites is 1. The summed E-state index contributed by atoms with van der Waals surface area (Å²) in [6.45, 7) is 6.78. The highest BCUT2D eigenvalue weighted by atomic mass is 32.2. The molecule has 0 bridgehead atoms. The molecule has 0 spiro atoms. The molecule has 0 atom stereocenters. The average Bonchev–Trinajstić information content (AvgIpc) is 2.34. The van der Waals surface area contributed by atoms with Crippen molar-refractivity contribution in [3.8, 4) is 11.5 Å². The molecule has 1 heterocycles. The van der Waals surface area contributed by atoms with Crippen LogP contribution in [0.1, 0.15) is 26.3 Å². The van der Waals surface area contributed by atoms with Crippen molar-refractivity contribution in [2.45, 2.75) is 37.0 Å². The lowest BCUT2D eigenvalue weighted by Gasteiger charge is -2.22. The monoisotopic (exact) mass is 270 g/mol. The van der Waals surface area contributed by atoms with Crippen molar-refractivity contribution in [2.75, 3.05) is 0 Å². The first-order chi connectivity index (χ1) is 9.01. The highest BCUT2D eigenvalue weighted by Gasteiger charge is 2.19. The van der Waals surface area contributed by atoms with Crippen molar-refractivity contribution in [1.29, 1.82) is 0 Å². The van der Waals surface area contributed by atoms with Gasteiger partial charge >= 0.3 is 0 Å². The molecule has 0 aliphatic carbocycles. The first kappa shape index (κ1) is 12.6. The van der Waals surface area contributed by atoms with Crippen LogP contribution in [-0.2, 0) is 6.42 Å².